The van der Waals surface area contributed by atoms with Crippen molar-refractivity contribution in [2.24, 2.45) is 17.8 Å². The SMILES string of the molecule is C/C1=C\C[C@@H]2C[C@@H](C[C@]3(CC[C@H](C)[C@@H](C)O3)O2)OC(=O)[C@@H]2CC[C@@H](O)[C@H]3OC/C(=C\C=C\[C@H](C)C1)[C@]32O. The second-order valence-corrected chi connectivity index (χ2v) is 12.3. The maximum Gasteiger partial charge on any atom is 0.312 e. The molecule has 0 radical (unpaired) electrons. The number of rotatable bonds is 0. The molecule has 5 rings (SSSR count). The number of carbonyl (C=O) groups is 1. The lowest BCUT2D eigenvalue weighted by molar-refractivity contribution is -0.332. The summed E-state index contributed by atoms with van der Waals surface area (Å²) < 4.78 is 25.1. The fourth-order valence-electron chi connectivity index (χ4n) is 7.01. The third kappa shape index (κ3) is 5.35. The Morgan fingerprint density at radius 1 is 1.08 bits per heavy atom. The van der Waals surface area contributed by atoms with Crippen LogP contribution in [0.25, 0.3) is 0 Å². The highest BCUT2D eigenvalue weighted by Gasteiger charge is 2.60. The Balaban J connectivity index is 1.48. The molecule has 0 aromatic carbocycles. The van der Waals surface area contributed by atoms with Crippen LogP contribution in [0.15, 0.2) is 35.5 Å². The van der Waals surface area contributed by atoms with Gasteiger partial charge in [-0.1, -0.05) is 43.7 Å². The van der Waals surface area contributed by atoms with Gasteiger partial charge in [-0.05, 0) is 63.4 Å². The topological polar surface area (TPSA) is 94.5 Å². The van der Waals surface area contributed by atoms with Crippen molar-refractivity contribution in [2.75, 3.05) is 6.61 Å². The van der Waals surface area contributed by atoms with Crippen molar-refractivity contribution in [1.29, 1.82) is 0 Å². The summed E-state index contributed by atoms with van der Waals surface area (Å²) in [5.41, 5.74) is 0.335. The van der Waals surface area contributed by atoms with E-state index in [2.05, 4.69) is 39.8 Å². The molecule has 2 N–H and O–H groups in total. The molecule has 37 heavy (non-hydrogen) atoms. The summed E-state index contributed by atoms with van der Waals surface area (Å²) >= 11 is 0. The zero-order valence-electron chi connectivity index (χ0n) is 22.7. The van der Waals surface area contributed by atoms with E-state index >= 15 is 0 Å². The highest BCUT2D eigenvalue weighted by molar-refractivity contribution is 5.76. The molecule has 0 amide bonds. The van der Waals surface area contributed by atoms with Crippen LogP contribution in [0.1, 0.15) is 79.1 Å². The van der Waals surface area contributed by atoms with Gasteiger partial charge < -0.3 is 29.2 Å². The molecule has 0 unspecified atom stereocenters. The van der Waals surface area contributed by atoms with Gasteiger partial charge in [-0.15, -0.1) is 0 Å². The molecule has 0 aromatic heterocycles. The minimum Gasteiger partial charge on any atom is -0.462 e. The van der Waals surface area contributed by atoms with Crippen LogP contribution in [-0.2, 0) is 23.7 Å². The van der Waals surface area contributed by atoms with Crippen LogP contribution in [0.2, 0.25) is 0 Å². The minimum atomic E-state index is -1.58. The Hall–Kier alpha value is -1.51. The van der Waals surface area contributed by atoms with Crippen molar-refractivity contribution in [2.45, 2.75) is 121 Å². The van der Waals surface area contributed by atoms with Crippen molar-refractivity contribution in [3.8, 4) is 0 Å². The number of aliphatic hydroxyl groups is 2. The third-order valence-corrected chi connectivity index (χ3v) is 9.30. The smallest absolute Gasteiger partial charge is 0.312 e. The lowest BCUT2D eigenvalue weighted by Crippen LogP contribution is -2.59. The van der Waals surface area contributed by atoms with Crippen LogP contribution in [0.4, 0.5) is 0 Å². The maximum absolute atomic E-state index is 13.7. The van der Waals surface area contributed by atoms with Crippen molar-refractivity contribution in [3.05, 3.63) is 35.5 Å². The molecule has 5 aliphatic rings. The Bertz CT molecular complexity index is 956. The van der Waals surface area contributed by atoms with E-state index < -0.39 is 35.5 Å². The lowest BCUT2D eigenvalue weighted by Gasteiger charge is -2.49. The van der Waals surface area contributed by atoms with Gasteiger partial charge in [-0.25, -0.2) is 0 Å². The van der Waals surface area contributed by atoms with Gasteiger partial charge in [0, 0.05) is 19.3 Å². The second kappa shape index (κ2) is 10.6. The molecule has 4 fully saturated rings. The number of esters is 1. The van der Waals surface area contributed by atoms with Crippen LogP contribution >= 0.6 is 0 Å². The standard InChI is InChI=1S/C30H44O7/c1-18-6-5-7-22-17-34-27-26(31)11-10-25(30(22,27)33)28(32)35-24-15-23(9-8-19(2)14-18)37-29(16-24)13-12-20(3)21(4)36-29/h5-8,18,20-21,23-27,31,33H,9-17H2,1-4H3/b6-5+,19-8+,22-7+/t18-,20-,21+,23+,24-,25-,26+,27+,29-,30+/m0/s1. The molecule has 7 nitrogen and oxygen atoms in total. The predicted octanol–water partition coefficient (Wildman–Crippen LogP) is 4.37. The molecule has 10 atom stereocenters. The first-order valence-corrected chi connectivity index (χ1v) is 14.2. The molecule has 0 aromatic rings. The predicted molar refractivity (Wildman–Crippen MR) is 138 cm³/mol. The van der Waals surface area contributed by atoms with Crippen LogP contribution < -0.4 is 0 Å². The van der Waals surface area contributed by atoms with E-state index in [0.29, 0.717) is 43.1 Å². The largest absolute Gasteiger partial charge is 0.462 e. The monoisotopic (exact) mass is 516 g/mol. The van der Waals surface area contributed by atoms with Gasteiger partial charge in [0.15, 0.2) is 5.79 Å². The number of aliphatic hydroxyl groups excluding tert-OH is 1. The zero-order valence-corrected chi connectivity index (χ0v) is 22.7. The highest BCUT2D eigenvalue weighted by Crippen LogP contribution is 2.47. The lowest BCUT2D eigenvalue weighted by atomic mass is 9.69. The van der Waals surface area contributed by atoms with Gasteiger partial charge in [0.25, 0.3) is 0 Å². The van der Waals surface area contributed by atoms with Crippen molar-refractivity contribution >= 4 is 5.97 Å². The van der Waals surface area contributed by atoms with Crippen LogP contribution in [0, 0.1) is 17.8 Å². The van der Waals surface area contributed by atoms with E-state index in [0.717, 1.165) is 25.7 Å². The Morgan fingerprint density at radius 3 is 2.68 bits per heavy atom. The summed E-state index contributed by atoms with van der Waals surface area (Å²) in [7, 11) is 0. The molecule has 7 heteroatoms. The molecular weight excluding hydrogens is 472 g/mol. The summed E-state index contributed by atoms with van der Waals surface area (Å²) in [5.74, 6) is -1.22. The first-order chi connectivity index (χ1) is 17.6. The average Bonchev–Trinajstić information content (AvgIpc) is 3.17. The molecule has 1 aliphatic carbocycles. The summed E-state index contributed by atoms with van der Waals surface area (Å²) in [5, 5.41) is 22.6. The van der Waals surface area contributed by atoms with E-state index in [4.69, 9.17) is 18.9 Å². The van der Waals surface area contributed by atoms with E-state index in [1.807, 2.05) is 12.2 Å². The van der Waals surface area contributed by atoms with Gasteiger partial charge in [0.2, 0.25) is 0 Å². The summed E-state index contributed by atoms with van der Waals surface area (Å²) in [6.45, 7) is 8.79. The van der Waals surface area contributed by atoms with E-state index in [-0.39, 0.29) is 24.9 Å². The van der Waals surface area contributed by atoms with Gasteiger partial charge >= 0.3 is 5.97 Å². The van der Waals surface area contributed by atoms with Crippen molar-refractivity contribution < 1.29 is 34.0 Å². The van der Waals surface area contributed by atoms with Crippen molar-refractivity contribution in [3.63, 3.8) is 0 Å². The number of fused-ring (bicyclic) bond motifs is 2. The van der Waals surface area contributed by atoms with Gasteiger partial charge in [-0.3, -0.25) is 4.79 Å². The highest BCUT2D eigenvalue weighted by atomic mass is 16.7. The number of carbonyl (C=O) groups excluding carboxylic acids is 1. The minimum absolute atomic E-state index is 0.0660. The molecule has 4 aliphatic heterocycles. The first kappa shape index (κ1) is 27.1. The molecule has 1 spiro atoms. The van der Waals surface area contributed by atoms with E-state index in [1.54, 1.807) is 0 Å². The first-order valence-electron chi connectivity index (χ1n) is 14.2. The quantitative estimate of drug-likeness (QED) is 0.365. The number of ether oxygens (including phenoxy) is 4. The summed E-state index contributed by atoms with van der Waals surface area (Å²) in [6.07, 6.45) is 11.3. The molecule has 206 valence electrons. The van der Waals surface area contributed by atoms with Gasteiger partial charge in [-0.2, -0.15) is 0 Å². The fraction of sp³-hybridized carbons (Fsp3) is 0.767. The number of hydrogen-bond donors (Lipinski definition) is 2. The molecule has 2 bridgehead atoms. The normalized spacial score (nSPS) is 50.8. The summed E-state index contributed by atoms with van der Waals surface area (Å²) in [6, 6.07) is 0. The van der Waals surface area contributed by atoms with Crippen LogP contribution in [0.5, 0.6) is 0 Å². The van der Waals surface area contributed by atoms with Gasteiger partial charge in [0.1, 0.15) is 17.8 Å². The van der Waals surface area contributed by atoms with Crippen LogP contribution in [0.3, 0.4) is 0 Å². The average molecular weight is 517 g/mol. The Kier molecular flexibility index (Phi) is 7.74. The molecule has 4 heterocycles. The third-order valence-electron chi connectivity index (χ3n) is 9.30. The summed E-state index contributed by atoms with van der Waals surface area (Å²) in [4.78, 5) is 13.7. The van der Waals surface area contributed by atoms with Crippen molar-refractivity contribution in [1.82, 2.24) is 0 Å². The zero-order chi connectivity index (χ0) is 26.4. The number of hydrogen-bond acceptors (Lipinski definition) is 7. The molecule has 1 saturated carbocycles. The molecule has 3 saturated heterocycles. The van der Waals surface area contributed by atoms with Gasteiger partial charge in [0.05, 0.1) is 30.8 Å². The maximum atomic E-state index is 13.7. The van der Waals surface area contributed by atoms with Crippen LogP contribution in [-0.4, -0.2) is 64.7 Å². The Labute approximate surface area is 220 Å². The second-order valence-electron chi connectivity index (χ2n) is 12.3. The number of allylic oxidation sites excluding steroid dienone is 4. The molecular formula is C30H44O7. The Morgan fingerprint density at radius 2 is 1.89 bits per heavy atom. The van der Waals surface area contributed by atoms with E-state index in [1.165, 1.54) is 5.57 Å². The van der Waals surface area contributed by atoms with E-state index in [9.17, 15) is 15.0 Å². The fourth-order valence-corrected chi connectivity index (χ4v) is 7.01.